The van der Waals surface area contributed by atoms with Crippen LogP contribution in [-0.2, 0) is 11.3 Å². The van der Waals surface area contributed by atoms with E-state index in [1.807, 2.05) is 17.0 Å². The van der Waals surface area contributed by atoms with E-state index in [2.05, 4.69) is 48.5 Å². The van der Waals surface area contributed by atoms with Crippen LogP contribution in [0.25, 0.3) is 15.8 Å². The van der Waals surface area contributed by atoms with Crippen LogP contribution in [0.4, 0.5) is 0 Å². The van der Waals surface area contributed by atoms with Crippen LogP contribution in [0.3, 0.4) is 0 Å². The van der Waals surface area contributed by atoms with E-state index >= 15 is 0 Å². The normalized spacial score (nSPS) is 19.6. The largest absolute Gasteiger partial charge is 0.480 e. The number of hydrogen-bond donors (Lipinski definition) is 1. The molecular formula is C23H23ClN2O2S. The van der Waals surface area contributed by atoms with E-state index in [1.165, 1.54) is 10.1 Å². The number of thiophene rings is 1. The SMILES string of the molecule is CC(C)C1CC=C(c2cncc(Cl)c2)N(Cc2cccc3ccsc23)C1C(=O)O. The van der Waals surface area contributed by atoms with Gasteiger partial charge in [-0.05, 0) is 46.7 Å². The van der Waals surface area contributed by atoms with Gasteiger partial charge in [-0.15, -0.1) is 11.3 Å². The van der Waals surface area contributed by atoms with Gasteiger partial charge < -0.3 is 10.0 Å². The quantitative estimate of drug-likeness (QED) is 0.550. The number of aromatic nitrogens is 1. The van der Waals surface area contributed by atoms with Gasteiger partial charge in [-0.25, -0.2) is 4.79 Å². The number of rotatable bonds is 5. The van der Waals surface area contributed by atoms with Crippen LogP contribution in [0.1, 0.15) is 31.4 Å². The molecule has 3 aromatic rings. The van der Waals surface area contributed by atoms with E-state index < -0.39 is 12.0 Å². The van der Waals surface area contributed by atoms with E-state index in [0.29, 0.717) is 11.6 Å². The second-order valence-electron chi connectivity index (χ2n) is 7.79. The summed E-state index contributed by atoms with van der Waals surface area (Å²) in [6, 6.07) is 9.56. The van der Waals surface area contributed by atoms with Gasteiger partial charge in [0.2, 0.25) is 0 Å². The number of carboxylic acid groups (broad SMARTS) is 1. The van der Waals surface area contributed by atoms with Crippen LogP contribution < -0.4 is 0 Å². The Morgan fingerprint density at radius 3 is 2.90 bits per heavy atom. The highest BCUT2D eigenvalue weighted by Crippen LogP contribution is 2.38. The maximum Gasteiger partial charge on any atom is 0.326 e. The molecule has 2 unspecified atom stereocenters. The van der Waals surface area contributed by atoms with Crippen molar-refractivity contribution in [1.29, 1.82) is 0 Å². The van der Waals surface area contributed by atoms with Crippen LogP contribution in [0.15, 0.2) is 54.2 Å². The second kappa shape index (κ2) is 8.17. The molecule has 1 N–H and O–H groups in total. The molecule has 1 aliphatic heterocycles. The van der Waals surface area contributed by atoms with E-state index in [4.69, 9.17) is 11.6 Å². The lowest BCUT2D eigenvalue weighted by molar-refractivity contribution is -0.145. The van der Waals surface area contributed by atoms with Gasteiger partial charge >= 0.3 is 5.97 Å². The van der Waals surface area contributed by atoms with Crippen LogP contribution >= 0.6 is 22.9 Å². The molecule has 0 saturated heterocycles. The molecule has 0 saturated carbocycles. The number of aliphatic carboxylic acids is 1. The Bertz CT molecular complexity index is 1080. The van der Waals surface area contributed by atoms with Crippen molar-refractivity contribution in [2.45, 2.75) is 32.9 Å². The van der Waals surface area contributed by atoms with Crippen molar-refractivity contribution in [3.05, 3.63) is 70.3 Å². The van der Waals surface area contributed by atoms with Crippen molar-refractivity contribution < 1.29 is 9.90 Å². The molecule has 0 radical (unpaired) electrons. The van der Waals surface area contributed by atoms with Gasteiger partial charge in [0.25, 0.3) is 0 Å². The summed E-state index contributed by atoms with van der Waals surface area (Å²) in [5.74, 6) is -0.500. The highest BCUT2D eigenvalue weighted by atomic mass is 35.5. The number of benzene rings is 1. The Balaban J connectivity index is 1.82. The van der Waals surface area contributed by atoms with Crippen LogP contribution in [0.5, 0.6) is 0 Å². The zero-order valence-electron chi connectivity index (χ0n) is 16.4. The maximum absolute atomic E-state index is 12.4. The third-order valence-electron chi connectivity index (χ3n) is 5.65. The monoisotopic (exact) mass is 426 g/mol. The molecule has 0 aliphatic carbocycles. The molecule has 150 valence electrons. The first-order chi connectivity index (χ1) is 14.0. The Hall–Kier alpha value is -2.37. The van der Waals surface area contributed by atoms with Crippen molar-refractivity contribution in [2.75, 3.05) is 0 Å². The Labute approximate surface area is 179 Å². The minimum Gasteiger partial charge on any atom is -0.480 e. The molecule has 0 spiro atoms. The third-order valence-corrected chi connectivity index (χ3v) is 6.86. The summed E-state index contributed by atoms with van der Waals surface area (Å²) in [4.78, 5) is 18.7. The first-order valence-corrected chi connectivity index (χ1v) is 11.0. The number of hydrogen-bond acceptors (Lipinski definition) is 4. The summed E-state index contributed by atoms with van der Waals surface area (Å²) in [6.45, 7) is 4.72. The van der Waals surface area contributed by atoms with E-state index in [0.717, 1.165) is 23.2 Å². The van der Waals surface area contributed by atoms with E-state index in [1.54, 1.807) is 23.7 Å². The van der Waals surface area contributed by atoms with Gasteiger partial charge in [0.1, 0.15) is 6.04 Å². The minimum atomic E-state index is -0.789. The number of halogens is 1. The highest BCUT2D eigenvalue weighted by Gasteiger charge is 2.39. The van der Waals surface area contributed by atoms with Crippen LogP contribution in [-0.4, -0.2) is 27.0 Å². The molecule has 0 fully saturated rings. The topological polar surface area (TPSA) is 53.4 Å². The van der Waals surface area contributed by atoms with Crippen molar-refractivity contribution in [3.63, 3.8) is 0 Å². The summed E-state index contributed by atoms with van der Waals surface area (Å²) in [7, 11) is 0. The number of fused-ring (bicyclic) bond motifs is 1. The van der Waals surface area contributed by atoms with Gasteiger partial charge in [-0.3, -0.25) is 4.98 Å². The highest BCUT2D eigenvalue weighted by molar-refractivity contribution is 7.17. The number of carboxylic acids is 1. The smallest absolute Gasteiger partial charge is 0.326 e. The summed E-state index contributed by atoms with van der Waals surface area (Å²) >= 11 is 7.88. The molecule has 0 bridgehead atoms. The molecular weight excluding hydrogens is 404 g/mol. The summed E-state index contributed by atoms with van der Waals surface area (Å²) in [5.41, 5.74) is 2.87. The fourth-order valence-corrected chi connectivity index (χ4v) is 5.29. The molecule has 2 aromatic heterocycles. The predicted octanol–water partition coefficient (Wildman–Crippen LogP) is 5.92. The first kappa shape index (κ1) is 19.9. The van der Waals surface area contributed by atoms with Crippen LogP contribution in [0, 0.1) is 11.8 Å². The zero-order chi connectivity index (χ0) is 20.5. The Morgan fingerprint density at radius 2 is 2.17 bits per heavy atom. The van der Waals surface area contributed by atoms with E-state index in [-0.39, 0.29) is 11.8 Å². The van der Waals surface area contributed by atoms with Gasteiger partial charge in [0.15, 0.2) is 0 Å². The number of allylic oxidation sites excluding steroid dienone is 1. The van der Waals surface area contributed by atoms with Crippen molar-refractivity contribution in [1.82, 2.24) is 9.88 Å². The van der Waals surface area contributed by atoms with Crippen molar-refractivity contribution >= 4 is 44.7 Å². The molecule has 29 heavy (non-hydrogen) atoms. The molecule has 4 rings (SSSR count). The van der Waals surface area contributed by atoms with Gasteiger partial charge in [-0.1, -0.05) is 49.7 Å². The van der Waals surface area contributed by atoms with Crippen molar-refractivity contribution in [3.8, 4) is 0 Å². The fourth-order valence-electron chi connectivity index (χ4n) is 4.21. The summed E-state index contributed by atoms with van der Waals surface area (Å²) < 4.78 is 1.20. The average molecular weight is 427 g/mol. The minimum absolute atomic E-state index is 0.0333. The predicted molar refractivity (Wildman–Crippen MR) is 119 cm³/mol. The van der Waals surface area contributed by atoms with Gasteiger partial charge in [0, 0.05) is 34.9 Å². The lowest BCUT2D eigenvalue weighted by Gasteiger charge is -2.42. The van der Waals surface area contributed by atoms with E-state index in [9.17, 15) is 9.90 Å². The second-order valence-corrected chi connectivity index (χ2v) is 9.14. The maximum atomic E-state index is 12.4. The number of nitrogens with zero attached hydrogens (tertiary/aromatic N) is 2. The fraction of sp³-hybridized carbons (Fsp3) is 0.304. The first-order valence-electron chi connectivity index (χ1n) is 9.71. The molecule has 0 amide bonds. The Kier molecular flexibility index (Phi) is 5.61. The molecule has 4 nitrogen and oxygen atoms in total. The lowest BCUT2D eigenvalue weighted by Crippen LogP contribution is -2.48. The molecule has 6 heteroatoms. The summed E-state index contributed by atoms with van der Waals surface area (Å²) in [6.07, 6.45) is 6.21. The average Bonchev–Trinajstić information content (AvgIpc) is 3.17. The molecule has 2 atom stereocenters. The molecule has 1 aliphatic rings. The lowest BCUT2D eigenvalue weighted by atomic mass is 9.81. The molecule has 1 aromatic carbocycles. The summed E-state index contributed by atoms with van der Waals surface area (Å²) in [5, 5.41) is 14.0. The van der Waals surface area contributed by atoms with Crippen LogP contribution in [0.2, 0.25) is 5.02 Å². The third kappa shape index (κ3) is 3.89. The molecule has 3 heterocycles. The zero-order valence-corrected chi connectivity index (χ0v) is 18.0. The van der Waals surface area contributed by atoms with Gasteiger partial charge in [-0.2, -0.15) is 0 Å². The standard InChI is InChI=1S/C23H23ClN2O2S/c1-14(2)19-6-7-20(17-10-18(24)12-25-11-17)26(21(19)23(27)28)13-16-5-3-4-15-8-9-29-22(15)16/h3-5,7-12,14,19,21H,6,13H2,1-2H3,(H,27,28). The Morgan fingerprint density at radius 1 is 1.34 bits per heavy atom. The van der Waals surface area contributed by atoms with Gasteiger partial charge in [0.05, 0.1) is 5.02 Å². The van der Waals surface area contributed by atoms with Crippen molar-refractivity contribution in [2.24, 2.45) is 11.8 Å². The number of carbonyl (C=O) groups is 1. The number of pyridine rings is 1.